The first-order valence-corrected chi connectivity index (χ1v) is 7.56. The molecule has 1 amide bonds. The maximum atomic E-state index is 12.5. The van der Waals surface area contributed by atoms with Gasteiger partial charge in [0.25, 0.3) is 0 Å². The maximum Gasteiger partial charge on any atom is 0.227 e. The van der Waals surface area contributed by atoms with E-state index in [4.69, 9.17) is 0 Å². The van der Waals surface area contributed by atoms with E-state index in [1.165, 1.54) is 12.8 Å². The van der Waals surface area contributed by atoms with Crippen LogP contribution in [0.5, 0.6) is 0 Å². The van der Waals surface area contributed by atoms with Crippen LogP contribution >= 0.6 is 0 Å². The van der Waals surface area contributed by atoms with E-state index in [2.05, 4.69) is 24.1 Å². The van der Waals surface area contributed by atoms with Crippen molar-refractivity contribution in [2.45, 2.75) is 39.2 Å². The third-order valence-corrected chi connectivity index (χ3v) is 3.88. The van der Waals surface area contributed by atoms with E-state index in [-0.39, 0.29) is 11.9 Å². The van der Waals surface area contributed by atoms with E-state index in [0.717, 1.165) is 25.2 Å². The fourth-order valence-corrected chi connectivity index (χ4v) is 2.74. The fraction of sp³-hybridized carbons (Fsp3) is 0.625. The van der Waals surface area contributed by atoms with Crippen LogP contribution in [0.2, 0.25) is 0 Å². The highest BCUT2D eigenvalue weighted by atomic mass is 16.2. The van der Waals surface area contributed by atoms with Crippen LogP contribution in [0, 0.1) is 5.92 Å². The van der Waals surface area contributed by atoms with Gasteiger partial charge in [0, 0.05) is 25.0 Å². The molecule has 1 aromatic heterocycles. The zero-order valence-corrected chi connectivity index (χ0v) is 12.5. The number of hydrogen-bond donors (Lipinski definition) is 1. The lowest BCUT2D eigenvalue weighted by Crippen LogP contribution is -2.44. The van der Waals surface area contributed by atoms with Crippen molar-refractivity contribution < 1.29 is 4.79 Å². The molecule has 0 aromatic carbocycles. The standard InChI is InChI=1S/C16H25N3O/c1-13(2)19(12-15-6-4-8-18-11-15)16(20)9-14-5-3-7-17-10-14/h3,5,7,10,13,15,18H,4,6,8-9,11-12H2,1-2H3. The monoisotopic (exact) mass is 275 g/mol. The van der Waals surface area contributed by atoms with Gasteiger partial charge in [0.05, 0.1) is 6.42 Å². The number of nitrogens with one attached hydrogen (secondary N) is 1. The number of amides is 1. The fourth-order valence-electron chi connectivity index (χ4n) is 2.74. The molecule has 0 aliphatic carbocycles. The highest BCUT2D eigenvalue weighted by Gasteiger charge is 2.22. The van der Waals surface area contributed by atoms with Gasteiger partial charge in [-0.15, -0.1) is 0 Å². The lowest BCUT2D eigenvalue weighted by atomic mass is 9.98. The minimum Gasteiger partial charge on any atom is -0.340 e. The number of hydrogen-bond acceptors (Lipinski definition) is 3. The first-order chi connectivity index (χ1) is 9.66. The molecule has 0 radical (unpaired) electrons. The molecule has 0 spiro atoms. The molecular weight excluding hydrogens is 250 g/mol. The molecule has 2 rings (SSSR count). The third-order valence-electron chi connectivity index (χ3n) is 3.88. The van der Waals surface area contributed by atoms with Gasteiger partial charge < -0.3 is 10.2 Å². The van der Waals surface area contributed by atoms with Crippen molar-refractivity contribution in [2.75, 3.05) is 19.6 Å². The normalized spacial score (nSPS) is 19.1. The van der Waals surface area contributed by atoms with E-state index in [1.807, 2.05) is 17.0 Å². The molecule has 1 unspecified atom stereocenters. The van der Waals surface area contributed by atoms with Gasteiger partial charge in [0.2, 0.25) is 5.91 Å². The summed E-state index contributed by atoms with van der Waals surface area (Å²) in [7, 11) is 0. The van der Waals surface area contributed by atoms with E-state index < -0.39 is 0 Å². The maximum absolute atomic E-state index is 12.5. The van der Waals surface area contributed by atoms with E-state index in [0.29, 0.717) is 12.3 Å². The summed E-state index contributed by atoms with van der Waals surface area (Å²) in [5.41, 5.74) is 0.991. The molecule has 0 saturated carbocycles. The number of pyridine rings is 1. The molecule has 4 nitrogen and oxygen atoms in total. The third kappa shape index (κ3) is 4.30. The van der Waals surface area contributed by atoms with Gasteiger partial charge in [-0.3, -0.25) is 9.78 Å². The number of carbonyl (C=O) groups excluding carboxylic acids is 1. The summed E-state index contributed by atoms with van der Waals surface area (Å²) in [6.07, 6.45) is 6.40. The SMILES string of the molecule is CC(C)N(CC1CCCNC1)C(=O)Cc1cccnc1. The molecule has 1 saturated heterocycles. The second-order valence-corrected chi connectivity index (χ2v) is 5.89. The first kappa shape index (κ1) is 15.0. The lowest BCUT2D eigenvalue weighted by Gasteiger charge is -2.33. The molecule has 1 N–H and O–H groups in total. The van der Waals surface area contributed by atoms with Crippen LogP contribution in [0.3, 0.4) is 0 Å². The first-order valence-electron chi connectivity index (χ1n) is 7.56. The van der Waals surface area contributed by atoms with E-state index in [1.54, 1.807) is 12.4 Å². The molecule has 110 valence electrons. The van der Waals surface area contributed by atoms with E-state index >= 15 is 0 Å². The highest BCUT2D eigenvalue weighted by molar-refractivity contribution is 5.79. The Kier molecular flexibility index (Phi) is 5.53. The lowest BCUT2D eigenvalue weighted by molar-refractivity contribution is -0.133. The van der Waals surface area contributed by atoms with Gasteiger partial charge in [-0.1, -0.05) is 6.07 Å². The Balaban J connectivity index is 1.95. The van der Waals surface area contributed by atoms with Gasteiger partial charge in [0.1, 0.15) is 0 Å². The van der Waals surface area contributed by atoms with Crippen LogP contribution in [0.4, 0.5) is 0 Å². The van der Waals surface area contributed by atoms with Crippen molar-refractivity contribution >= 4 is 5.91 Å². The second kappa shape index (κ2) is 7.39. The van der Waals surface area contributed by atoms with Gasteiger partial charge in [-0.25, -0.2) is 0 Å². The van der Waals surface area contributed by atoms with Crippen LogP contribution in [0.25, 0.3) is 0 Å². The van der Waals surface area contributed by atoms with Crippen LogP contribution in [-0.2, 0) is 11.2 Å². The van der Waals surface area contributed by atoms with Crippen LogP contribution < -0.4 is 5.32 Å². The Morgan fingerprint density at radius 1 is 1.55 bits per heavy atom. The van der Waals surface area contributed by atoms with Gasteiger partial charge in [0.15, 0.2) is 0 Å². The predicted octanol–water partition coefficient (Wildman–Crippen LogP) is 1.86. The molecule has 1 aliphatic rings. The molecule has 1 aromatic rings. The van der Waals surface area contributed by atoms with Crippen molar-refractivity contribution in [2.24, 2.45) is 5.92 Å². The number of aromatic nitrogens is 1. The van der Waals surface area contributed by atoms with Crippen LogP contribution in [0.1, 0.15) is 32.3 Å². The zero-order valence-electron chi connectivity index (χ0n) is 12.5. The summed E-state index contributed by atoms with van der Waals surface area (Å²) in [5.74, 6) is 0.794. The number of piperidine rings is 1. The quantitative estimate of drug-likeness (QED) is 0.892. The summed E-state index contributed by atoms with van der Waals surface area (Å²) in [6, 6.07) is 4.10. The minimum atomic E-state index is 0.207. The van der Waals surface area contributed by atoms with Crippen molar-refractivity contribution in [3.8, 4) is 0 Å². The highest BCUT2D eigenvalue weighted by Crippen LogP contribution is 2.15. The molecule has 1 fully saturated rings. The Bertz CT molecular complexity index is 413. The molecule has 1 atom stereocenters. The smallest absolute Gasteiger partial charge is 0.227 e. The molecule has 20 heavy (non-hydrogen) atoms. The van der Waals surface area contributed by atoms with Crippen molar-refractivity contribution in [1.29, 1.82) is 0 Å². The van der Waals surface area contributed by atoms with E-state index in [9.17, 15) is 4.79 Å². The average molecular weight is 275 g/mol. The summed E-state index contributed by atoms with van der Waals surface area (Å²) in [4.78, 5) is 18.6. The Morgan fingerprint density at radius 3 is 3.00 bits per heavy atom. The largest absolute Gasteiger partial charge is 0.340 e. The molecule has 2 heterocycles. The molecule has 1 aliphatic heterocycles. The average Bonchev–Trinajstić information content (AvgIpc) is 2.46. The zero-order chi connectivity index (χ0) is 14.4. The van der Waals surface area contributed by atoms with Crippen molar-refractivity contribution in [3.05, 3.63) is 30.1 Å². The molecule has 0 bridgehead atoms. The van der Waals surface area contributed by atoms with Crippen molar-refractivity contribution in [1.82, 2.24) is 15.2 Å². The molecule has 4 heteroatoms. The topological polar surface area (TPSA) is 45.2 Å². The van der Waals surface area contributed by atoms with Gasteiger partial charge in [-0.05, 0) is 57.3 Å². The number of rotatable bonds is 5. The Hall–Kier alpha value is -1.42. The number of nitrogens with zero attached hydrogens (tertiary/aromatic N) is 2. The van der Waals surface area contributed by atoms with Crippen LogP contribution in [0.15, 0.2) is 24.5 Å². The Morgan fingerprint density at radius 2 is 2.40 bits per heavy atom. The Labute approximate surface area is 121 Å². The summed E-state index contributed by atoms with van der Waals surface area (Å²) < 4.78 is 0. The van der Waals surface area contributed by atoms with Gasteiger partial charge >= 0.3 is 0 Å². The van der Waals surface area contributed by atoms with Crippen LogP contribution in [-0.4, -0.2) is 41.5 Å². The predicted molar refractivity (Wildman–Crippen MR) is 80.4 cm³/mol. The second-order valence-electron chi connectivity index (χ2n) is 5.89. The number of carbonyl (C=O) groups is 1. The van der Waals surface area contributed by atoms with Gasteiger partial charge in [-0.2, -0.15) is 0 Å². The molecular formula is C16H25N3O. The summed E-state index contributed by atoms with van der Waals surface area (Å²) >= 11 is 0. The van der Waals surface area contributed by atoms with Crippen molar-refractivity contribution in [3.63, 3.8) is 0 Å². The minimum absolute atomic E-state index is 0.207. The summed E-state index contributed by atoms with van der Waals surface area (Å²) in [5, 5.41) is 3.42. The summed E-state index contributed by atoms with van der Waals surface area (Å²) in [6.45, 7) is 7.20.